The minimum atomic E-state index is -4.51. The van der Waals surface area contributed by atoms with Crippen molar-refractivity contribution in [1.82, 2.24) is 5.32 Å². The molecule has 0 bridgehead atoms. The summed E-state index contributed by atoms with van der Waals surface area (Å²) in [5.74, 6) is 0. The van der Waals surface area contributed by atoms with Gasteiger partial charge < -0.3 is 15.4 Å². The Morgan fingerprint density at radius 2 is 2.10 bits per heavy atom. The molecule has 1 rings (SSSR count). The van der Waals surface area contributed by atoms with E-state index in [-0.39, 0.29) is 21.9 Å². The van der Waals surface area contributed by atoms with E-state index in [4.69, 9.17) is 28.6 Å². The molecular formula is C12H14ClF3N2OS. The van der Waals surface area contributed by atoms with Gasteiger partial charge in [-0.3, -0.25) is 0 Å². The molecule has 1 aromatic carbocycles. The third-order valence-corrected chi connectivity index (χ3v) is 2.89. The van der Waals surface area contributed by atoms with Crippen molar-refractivity contribution in [2.24, 2.45) is 0 Å². The second-order valence-electron chi connectivity index (χ2n) is 4.12. The molecule has 0 radical (unpaired) electrons. The van der Waals surface area contributed by atoms with Crippen molar-refractivity contribution in [1.29, 1.82) is 0 Å². The molecule has 112 valence electrons. The number of halogens is 4. The lowest BCUT2D eigenvalue weighted by atomic mass is 10.1. The molecule has 0 aliphatic heterocycles. The Labute approximate surface area is 125 Å². The molecule has 2 N–H and O–H groups in total. The highest BCUT2D eigenvalue weighted by Crippen LogP contribution is 2.38. The Morgan fingerprint density at radius 3 is 2.65 bits per heavy atom. The van der Waals surface area contributed by atoms with E-state index < -0.39 is 11.7 Å². The van der Waals surface area contributed by atoms with E-state index in [0.717, 1.165) is 6.07 Å². The van der Waals surface area contributed by atoms with Gasteiger partial charge in [-0.2, -0.15) is 13.2 Å². The van der Waals surface area contributed by atoms with Crippen molar-refractivity contribution in [2.45, 2.75) is 19.1 Å². The number of hydrogen-bond acceptors (Lipinski definition) is 2. The number of ether oxygens (including phenoxy) is 1. The average molecular weight is 327 g/mol. The molecule has 8 heteroatoms. The molecule has 20 heavy (non-hydrogen) atoms. The van der Waals surface area contributed by atoms with Crippen LogP contribution < -0.4 is 10.6 Å². The van der Waals surface area contributed by atoms with Crippen LogP contribution >= 0.6 is 23.8 Å². The third-order valence-electron chi connectivity index (χ3n) is 2.35. The molecule has 0 fully saturated rings. The topological polar surface area (TPSA) is 33.3 Å². The van der Waals surface area contributed by atoms with E-state index in [1.165, 1.54) is 19.2 Å². The lowest BCUT2D eigenvalue weighted by Gasteiger charge is -2.19. The summed E-state index contributed by atoms with van der Waals surface area (Å²) in [6.45, 7) is 2.16. The van der Waals surface area contributed by atoms with Gasteiger partial charge in [-0.15, -0.1) is 0 Å². The molecule has 1 atom stereocenters. The van der Waals surface area contributed by atoms with E-state index in [9.17, 15) is 13.2 Å². The van der Waals surface area contributed by atoms with Gasteiger partial charge in [0.2, 0.25) is 0 Å². The van der Waals surface area contributed by atoms with Crippen LogP contribution in [0.4, 0.5) is 18.9 Å². The molecule has 1 aromatic rings. The van der Waals surface area contributed by atoms with Gasteiger partial charge in [-0.1, -0.05) is 17.7 Å². The first-order chi connectivity index (χ1) is 9.25. The van der Waals surface area contributed by atoms with Crippen LogP contribution in [0.2, 0.25) is 5.02 Å². The SMILES string of the molecule is COCC(C)NC(=S)Nc1c(Cl)cccc1C(F)(F)F. The Hall–Kier alpha value is -1.05. The van der Waals surface area contributed by atoms with Crippen molar-refractivity contribution in [2.75, 3.05) is 19.0 Å². The zero-order valence-corrected chi connectivity index (χ0v) is 12.4. The number of thiocarbonyl (C=S) groups is 1. The van der Waals surface area contributed by atoms with Gasteiger partial charge in [0, 0.05) is 13.2 Å². The number of anilines is 1. The van der Waals surface area contributed by atoms with Gasteiger partial charge in [0.25, 0.3) is 0 Å². The summed E-state index contributed by atoms with van der Waals surface area (Å²) in [6, 6.07) is 3.40. The zero-order valence-electron chi connectivity index (χ0n) is 10.8. The van der Waals surface area contributed by atoms with E-state index in [2.05, 4.69) is 10.6 Å². The normalized spacial score (nSPS) is 12.9. The second-order valence-corrected chi connectivity index (χ2v) is 4.93. The summed E-state index contributed by atoms with van der Waals surface area (Å²) in [7, 11) is 1.52. The fourth-order valence-corrected chi connectivity index (χ4v) is 2.08. The summed E-state index contributed by atoms with van der Waals surface area (Å²) in [4.78, 5) is 0. The fourth-order valence-electron chi connectivity index (χ4n) is 1.55. The molecule has 1 unspecified atom stereocenters. The monoisotopic (exact) mass is 326 g/mol. The van der Waals surface area contributed by atoms with Crippen molar-refractivity contribution >= 4 is 34.6 Å². The molecule has 0 aliphatic carbocycles. The van der Waals surface area contributed by atoms with Crippen LogP contribution in [0, 0.1) is 0 Å². The Kier molecular flexibility index (Phi) is 6.04. The summed E-state index contributed by atoms with van der Waals surface area (Å²) in [5.41, 5.74) is -1.13. The van der Waals surface area contributed by atoms with Crippen LogP contribution in [-0.2, 0) is 10.9 Å². The minimum Gasteiger partial charge on any atom is -0.383 e. The third kappa shape index (κ3) is 4.81. The number of nitrogens with one attached hydrogen (secondary N) is 2. The van der Waals surface area contributed by atoms with Crippen molar-refractivity contribution in [3.05, 3.63) is 28.8 Å². The maximum atomic E-state index is 12.9. The van der Waals surface area contributed by atoms with Crippen molar-refractivity contribution < 1.29 is 17.9 Å². The van der Waals surface area contributed by atoms with Crippen LogP contribution in [0.25, 0.3) is 0 Å². The zero-order chi connectivity index (χ0) is 15.3. The van der Waals surface area contributed by atoms with Gasteiger partial charge in [-0.05, 0) is 31.3 Å². The smallest absolute Gasteiger partial charge is 0.383 e. The van der Waals surface area contributed by atoms with E-state index >= 15 is 0 Å². The predicted molar refractivity (Wildman–Crippen MR) is 77.1 cm³/mol. The quantitative estimate of drug-likeness (QED) is 0.827. The van der Waals surface area contributed by atoms with Crippen molar-refractivity contribution in [3.63, 3.8) is 0 Å². The minimum absolute atomic E-state index is 0.0492. The highest BCUT2D eigenvalue weighted by molar-refractivity contribution is 7.80. The molecule has 0 aromatic heterocycles. The number of hydrogen-bond donors (Lipinski definition) is 2. The van der Waals surface area contributed by atoms with E-state index in [0.29, 0.717) is 6.61 Å². The van der Waals surface area contributed by atoms with Crippen molar-refractivity contribution in [3.8, 4) is 0 Å². The predicted octanol–water partition coefficient (Wildman–Crippen LogP) is 3.68. The van der Waals surface area contributed by atoms with Crippen LogP contribution in [0.3, 0.4) is 0 Å². The molecule has 0 saturated carbocycles. The standard InChI is InChI=1S/C12H14ClF3N2OS/c1-7(6-19-2)17-11(20)18-10-8(12(14,15)16)4-3-5-9(10)13/h3-5,7H,6H2,1-2H3,(H2,17,18,20). The fraction of sp³-hybridized carbons (Fsp3) is 0.417. The summed E-state index contributed by atoms with van der Waals surface area (Å²) in [5, 5.41) is 5.29. The molecule has 0 saturated heterocycles. The first kappa shape index (κ1) is 17.0. The van der Waals surface area contributed by atoms with Gasteiger partial charge in [0.05, 0.1) is 22.9 Å². The molecular weight excluding hydrogens is 313 g/mol. The molecule has 0 amide bonds. The molecule has 0 aliphatic rings. The van der Waals surface area contributed by atoms with Gasteiger partial charge >= 0.3 is 6.18 Å². The number of rotatable bonds is 4. The Bertz CT molecular complexity index is 482. The highest BCUT2D eigenvalue weighted by Gasteiger charge is 2.34. The largest absolute Gasteiger partial charge is 0.418 e. The van der Waals surface area contributed by atoms with E-state index in [1.54, 1.807) is 6.92 Å². The number of para-hydroxylation sites is 1. The number of methoxy groups -OCH3 is 1. The van der Waals surface area contributed by atoms with Gasteiger partial charge in [-0.25, -0.2) is 0 Å². The lowest BCUT2D eigenvalue weighted by molar-refractivity contribution is -0.136. The summed E-state index contributed by atoms with van der Waals surface area (Å²) < 4.78 is 43.5. The summed E-state index contributed by atoms with van der Waals surface area (Å²) in [6.07, 6.45) is -4.51. The summed E-state index contributed by atoms with van der Waals surface area (Å²) >= 11 is 10.8. The highest BCUT2D eigenvalue weighted by atomic mass is 35.5. The molecule has 0 heterocycles. The molecule has 0 spiro atoms. The maximum absolute atomic E-state index is 12.9. The number of benzene rings is 1. The van der Waals surface area contributed by atoms with E-state index in [1.807, 2.05) is 0 Å². The Morgan fingerprint density at radius 1 is 1.45 bits per heavy atom. The average Bonchev–Trinajstić information content (AvgIpc) is 2.30. The number of alkyl halides is 3. The lowest BCUT2D eigenvalue weighted by Crippen LogP contribution is -2.38. The first-order valence-corrected chi connectivity index (χ1v) is 6.46. The van der Waals surface area contributed by atoms with Crippen LogP contribution in [0.1, 0.15) is 12.5 Å². The van der Waals surface area contributed by atoms with Gasteiger partial charge in [0.1, 0.15) is 0 Å². The van der Waals surface area contributed by atoms with Crippen LogP contribution in [-0.4, -0.2) is 24.9 Å². The first-order valence-electron chi connectivity index (χ1n) is 5.68. The second kappa shape index (κ2) is 7.10. The molecule has 3 nitrogen and oxygen atoms in total. The Balaban J connectivity index is 2.89. The van der Waals surface area contributed by atoms with Crippen LogP contribution in [0.5, 0.6) is 0 Å². The maximum Gasteiger partial charge on any atom is 0.418 e. The van der Waals surface area contributed by atoms with Crippen LogP contribution in [0.15, 0.2) is 18.2 Å². The van der Waals surface area contributed by atoms with Gasteiger partial charge in [0.15, 0.2) is 5.11 Å².